The zero-order valence-electron chi connectivity index (χ0n) is 18.7. The van der Waals surface area contributed by atoms with E-state index in [4.69, 9.17) is 15.2 Å². The third-order valence-corrected chi connectivity index (χ3v) is 6.99. The monoisotopic (exact) mass is 463 g/mol. The van der Waals surface area contributed by atoms with Crippen molar-refractivity contribution in [1.29, 1.82) is 0 Å². The maximum absolute atomic E-state index is 13.6. The minimum atomic E-state index is -0.365. The minimum absolute atomic E-state index is 0.00916. The van der Waals surface area contributed by atoms with Gasteiger partial charge in [0.25, 0.3) is 0 Å². The fourth-order valence-corrected chi connectivity index (χ4v) is 5.07. The number of thioether (sulfide) groups is 1. The van der Waals surface area contributed by atoms with Crippen LogP contribution in [0.4, 0.5) is 11.9 Å². The van der Waals surface area contributed by atoms with Gasteiger partial charge in [0.15, 0.2) is 17.3 Å². The van der Waals surface area contributed by atoms with Crippen LogP contribution in [0.2, 0.25) is 0 Å². The van der Waals surface area contributed by atoms with Gasteiger partial charge < -0.3 is 20.5 Å². The average molecular weight is 464 g/mol. The lowest BCUT2D eigenvalue weighted by atomic mass is 9.78. The maximum atomic E-state index is 13.6. The fraction of sp³-hybridized carbons (Fsp3) is 0.292. The molecule has 8 nitrogen and oxygen atoms in total. The standard InChI is InChI=1S/C24H25N5O3S/c1-31-19-9-6-14(12-20(19)32-2)15-10-17-21(18(30)11-15)22(13-4-7-16(33-3)8-5-13)29-24(26-17)27-23(25)28-29/h4-9,12,15,22H,10-11H2,1-3H3,(H3,25,26,27,28)/t15-,22-/m0/s1. The maximum Gasteiger partial charge on any atom is 0.241 e. The molecule has 170 valence electrons. The van der Waals surface area contributed by atoms with Gasteiger partial charge in [0, 0.05) is 22.6 Å². The van der Waals surface area contributed by atoms with Crippen molar-refractivity contribution in [3.05, 3.63) is 64.9 Å². The second kappa shape index (κ2) is 8.47. The summed E-state index contributed by atoms with van der Waals surface area (Å²) in [7, 11) is 3.22. The number of nitrogens with one attached hydrogen (secondary N) is 1. The van der Waals surface area contributed by atoms with Crippen molar-refractivity contribution in [2.24, 2.45) is 0 Å². The molecule has 0 saturated heterocycles. The van der Waals surface area contributed by atoms with Gasteiger partial charge in [-0.1, -0.05) is 18.2 Å². The molecule has 1 aliphatic heterocycles. The Morgan fingerprint density at radius 3 is 2.48 bits per heavy atom. The van der Waals surface area contributed by atoms with Crippen molar-refractivity contribution >= 4 is 29.4 Å². The van der Waals surface area contributed by atoms with Crippen LogP contribution in [0.5, 0.6) is 11.5 Å². The van der Waals surface area contributed by atoms with Crippen LogP contribution in [0.25, 0.3) is 0 Å². The highest BCUT2D eigenvalue weighted by Crippen LogP contribution is 2.45. The number of Topliss-reactive ketones (excluding diaryl/α,β-unsaturated/α-hetero) is 1. The van der Waals surface area contributed by atoms with Crippen LogP contribution in [0.1, 0.15) is 35.9 Å². The number of hydrogen-bond donors (Lipinski definition) is 2. The number of carbonyl (C=O) groups excluding carboxylic acids is 1. The van der Waals surface area contributed by atoms with Crippen LogP contribution in [0, 0.1) is 0 Å². The van der Waals surface area contributed by atoms with Gasteiger partial charge >= 0.3 is 0 Å². The molecule has 0 amide bonds. The first-order valence-corrected chi connectivity index (χ1v) is 11.9. The van der Waals surface area contributed by atoms with Crippen LogP contribution < -0.4 is 20.5 Å². The Morgan fingerprint density at radius 1 is 1.06 bits per heavy atom. The number of anilines is 2. The Kier molecular flexibility index (Phi) is 5.49. The molecular formula is C24H25N5O3S. The summed E-state index contributed by atoms with van der Waals surface area (Å²) in [5.41, 5.74) is 9.53. The van der Waals surface area contributed by atoms with E-state index in [1.807, 2.05) is 36.6 Å². The number of allylic oxidation sites excluding steroid dienone is 2. The predicted octanol–water partition coefficient (Wildman–Crippen LogP) is 4.02. The fourth-order valence-electron chi connectivity index (χ4n) is 4.67. The Morgan fingerprint density at radius 2 is 1.79 bits per heavy atom. The van der Waals surface area contributed by atoms with Crippen molar-refractivity contribution in [1.82, 2.24) is 14.8 Å². The zero-order valence-corrected chi connectivity index (χ0v) is 19.5. The van der Waals surface area contributed by atoms with Crippen LogP contribution in [0.15, 0.2) is 58.6 Å². The van der Waals surface area contributed by atoms with E-state index >= 15 is 0 Å². The summed E-state index contributed by atoms with van der Waals surface area (Å²) in [5, 5.41) is 7.73. The zero-order chi connectivity index (χ0) is 23.1. The number of aromatic nitrogens is 3. The molecule has 3 aromatic rings. The van der Waals surface area contributed by atoms with Crippen molar-refractivity contribution in [3.63, 3.8) is 0 Å². The number of ketones is 1. The third kappa shape index (κ3) is 3.72. The number of fused-ring (bicyclic) bond motifs is 1. The second-order valence-corrected chi connectivity index (χ2v) is 8.95. The molecular weight excluding hydrogens is 438 g/mol. The molecule has 0 unspecified atom stereocenters. The van der Waals surface area contributed by atoms with Crippen molar-refractivity contribution < 1.29 is 14.3 Å². The number of nitrogens with two attached hydrogens (primary N) is 1. The summed E-state index contributed by atoms with van der Waals surface area (Å²) < 4.78 is 12.6. The Labute approximate surface area is 196 Å². The summed E-state index contributed by atoms with van der Waals surface area (Å²) in [6, 6.07) is 13.7. The molecule has 0 saturated carbocycles. The molecule has 0 radical (unpaired) electrons. The number of carbonyl (C=O) groups is 1. The molecule has 9 heteroatoms. The van der Waals surface area contributed by atoms with Crippen molar-refractivity contribution in [3.8, 4) is 11.5 Å². The molecule has 1 aromatic heterocycles. The lowest BCUT2D eigenvalue weighted by molar-refractivity contribution is -0.116. The van der Waals surface area contributed by atoms with Gasteiger partial charge in [-0.25, -0.2) is 4.68 Å². The van der Waals surface area contributed by atoms with E-state index in [9.17, 15) is 4.79 Å². The molecule has 0 fully saturated rings. The molecule has 2 aliphatic rings. The molecule has 2 atom stereocenters. The summed E-state index contributed by atoms with van der Waals surface area (Å²) >= 11 is 1.68. The van der Waals surface area contributed by atoms with E-state index in [2.05, 4.69) is 27.5 Å². The van der Waals surface area contributed by atoms with Crippen molar-refractivity contribution in [2.75, 3.05) is 31.5 Å². The Hall–Kier alpha value is -3.46. The number of nitrogens with zero attached hydrogens (tertiary/aromatic N) is 3. The summed E-state index contributed by atoms with van der Waals surface area (Å²) in [6.45, 7) is 0. The van der Waals surface area contributed by atoms with Gasteiger partial charge in [0.2, 0.25) is 11.9 Å². The predicted molar refractivity (Wildman–Crippen MR) is 128 cm³/mol. The highest BCUT2D eigenvalue weighted by molar-refractivity contribution is 7.98. The minimum Gasteiger partial charge on any atom is -0.493 e. The van der Waals surface area contributed by atoms with Crippen LogP contribution in [-0.2, 0) is 4.79 Å². The summed E-state index contributed by atoms with van der Waals surface area (Å²) in [5.74, 6) is 2.13. The first kappa shape index (κ1) is 21.4. The van der Waals surface area contributed by atoms with E-state index in [0.29, 0.717) is 30.3 Å². The Bertz CT molecular complexity index is 1250. The normalized spacial score (nSPS) is 19.5. The van der Waals surface area contributed by atoms with Crippen molar-refractivity contribution in [2.45, 2.75) is 29.7 Å². The lowest BCUT2D eigenvalue weighted by Crippen LogP contribution is -2.33. The van der Waals surface area contributed by atoms with Crippen LogP contribution >= 0.6 is 11.8 Å². The molecule has 0 spiro atoms. The van der Waals surface area contributed by atoms with E-state index in [1.54, 1.807) is 30.7 Å². The largest absolute Gasteiger partial charge is 0.493 e. The van der Waals surface area contributed by atoms with Gasteiger partial charge in [-0.3, -0.25) is 4.79 Å². The number of methoxy groups -OCH3 is 2. The SMILES string of the molecule is COc1ccc([C@@H]2CC(=O)C3=C(C2)Nc2nc(N)nn2[C@H]3c2ccc(SC)cc2)cc1OC. The van der Waals surface area contributed by atoms with E-state index in [-0.39, 0.29) is 23.7 Å². The number of rotatable bonds is 5. The van der Waals surface area contributed by atoms with Gasteiger partial charge in [-0.15, -0.1) is 16.9 Å². The summed E-state index contributed by atoms with van der Waals surface area (Å²) in [4.78, 5) is 19.1. The average Bonchev–Trinajstić information content (AvgIpc) is 3.21. The highest BCUT2D eigenvalue weighted by atomic mass is 32.2. The lowest BCUT2D eigenvalue weighted by Gasteiger charge is -2.35. The third-order valence-electron chi connectivity index (χ3n) is 6.25. The Balaban J connectivity index is 1.56. The van der Waals surface area contributed by atoms with Crippen LogP contribution in [0.3, 0.4) is 0 Å². The van der Waals surface area contributed by atoms with E-state index in [0.717, 1.165) is 27.3 Å². The number of ether oxygens (including phenoxy) is 2. The van der Waals surface area contributed by atoms with Gasteiger partial charge in [-0.05, 0) is 54.0 Å². The number of hydrogen-bond acceptors (Lipinski definition) is 8. The molecule has 2 aromatic carbocycles. The van der Waals surface area contributed by atoms with Gasteiger partial charge in [0.1, 0.15) is 6.04 Å². The first-order chi connectivity index (χ1) is 16.0. The smallest absolute Gasteiger partial charge is 0.241 e. The molecule has 3 N–H and O–H groups in total. The van der Waals surface area contributed by atoms with Gasteiger partial charge in [0.05, 0.1) is 14.2 Å². The van der Waals surface area contributed by atoms with E-state index in [1.165, 1.54) is 0 Å². The van der Waals surface area contributed by atoms with Crippen LogP contribution in [-0.4, -0.2) is 41.0 Å². The topological polar surface area (TPSA) is 104 Å². The molecule has 1 aliphatic carbocycles. The molecule has 5 rings (SSSR count). The molecule has 33 heavy (non-hydrogen) atoms. The number of benzene rings is 2. The quantitative estimate of drug-likeness (QED) is 0.547. The summed E-state index contributed by atoms with van der Waals surface area (Å²) in [6.07, 6.45) is 3.10. The highest BCUT2D eigenvalue weighted by Gasteiger charge is 2.39. The van der Waals surface area contributed by atoms with Gasteiger partial charge in [-0.2, -0.15) is 4.98 Å². The van der Waals surface area contributed by atoms with E-state index < -0.39 is 0 Å². The number of nitrogen functional groups attached to an aromatic ring is 1. The first-order valence-electron chi connectivity index (χ1n) is 10.6. The molecule has 0 bridgehead atoms. The molecule has 2 heterocycles. The second-order valence-electron chi connectivity index (χ2n) is 8.07.